The van der Waals surface area contributed by atoms with E-state index >= 15 is 0 Å². The molecular weight excluding hydrogens is 458 g/mol. The second kappa shape index (κ2) is 9.43. The second-order valence-corrected chi connectivity index (χ2v) is 9.07. The van der Waals surface area contributed by atoms with Crippen molar-refractivity contribution in [1.29, 1.82) is 0 Å². The summed E-state index contributed by atoms with van der Waals surface area (Å²) in [5.74, 6) is 1.88. The molecule has 0 radical (unpaired) electrons. The van der Waals surface area contributed by atoms with Crippen LogP contribution in [0.2, 0.25) is 0 Å². The third-order valence-corrected chi connectivity index (χ3v) is 6.32. The molecule has 0 saturated heterocycles. The van der Waals surface area contributed by atoms with Crippen molar-refractivity contribution in [3.05, 3.63) is 75.6 Å². The van der Waals surface area contributed by atoms with Gasteiger partial charge >= 0.3 is 0 Å². The summed E-state index contributed by atoms with van der Waals surface area (Å²) in [7, 11) is 0. The lowest BCUT2D eigenvalue weighted by molar-refractivity contribution is -0.111. The molecule has 2 aromatic heterocycles. The van der Waals surface area contributed by atoms with Crippen molar-refractivity contribution in [1.82, 2.24) is 9.97 Å². The monoisotopic (exact) mass is 477 g/mol. The first kappa shape index (κ1) is 21.2. The Labute approximate surface area is 198 Å². The van der Waals surface area contributed by atoms with Gasteiger partial charge in [-0.3, -0.25) is 10.1 Å². The summed E-state index contributed by atoms with van der Waals surface area (Å²) in [5, 5.41) is 8.22. The molecule has 0 bridgehead atoms. The van der Waals surface area contributed by atoms with E-state index in [0.717, 1.165) is 39.0 Å². The van der Waals surface area contributed by atoms with Crippen molar-refractivity contribution in [3.63, 3.8) is 0 Å². The summed E-state index contributed by atoms with van der Waals surface area (Å²) in [4.78, 5) is 21.3. The molecule has 3 heterocycles. The van der Waals surface area contributed by atoms with Crippen LogP contribution >= 0.6 is 22.7 Å². The Bertz CT molecular complexity index is 1330. The molecule has 7 nitrogen and oxygen atoms in total. The Balaban J connectivity index is 1.19. The van der Waals surface area contributed by atoms with Gasteiger partial charge in [0.25, 0.3) is 0 Å². The number of fused-ring (bicyclic) bond motifs is 1. The van der Waals surface area contributed by atoms with Crippen molar-refractivity contribution in [2.24, 2.45) is 0 Å². The lowest BCUT2D eigenvalue weighted by atomic mass is 10.1. The fourth-order valence-electron chi connectivity index (χ4n) is 3.18. The van der Waals surface area contributed by atoms with Gasteiger partial charge in [0.2, 0.25) is 12.7 Å². The molecule has 0 saturated carbocycles. The number of rotatable bonds is 7. The molecule has 1 aliphatic heterocycles. The Morgan fingerprint density at radius 2 is 2.03 bits per heavy atom. The minimum Gasteiger partial charge on any atom is -0.487 e. The zero-order chi connectivity index (χ0) is 22.6. The predicted octanol–water partition coefficient (Wildman–Crippen LogP) is 5.53. The standard InChI is InChI=1S/C24H19N3O4S2/c1-15-25-18(12-32-15)11-29-19-4-2-3-16(9-19)5-8-23(28)27-24-26-20(13-33-24)17-6-7-21-22(10-17)31-14-30-21/h2-10,12-13H,11,14H2,1H3,(H,26,27,28)/b8-5+. The predicted molar refractivity (Wildman–Crippen MR) is 129 cm³/mol. The van der Waals surface area contributed by atoms with Gasteiger partial charge in [-0.15, -0.1) is 22.7 Å². The van der Waals surface area contributed by atoms with Gasteiger partial charge in [-0.2, -0.15) is 0 Å². The van der Waals surface area contributed by atoms with Crippen LogP contribution in [-0.4, -0.2) is 22.7 Å². The molecule has 0 unspecified atom stereocenters. The second-order valence-electron chi connectivity index (χ2n) is 7.15. The fourth-order valence-corrected chi connectivity index (χ4v) is 4.50. The highest BCUT2D eigenvalue weighted by atomic mass is 32.1. The molecule has 2 aromatic carbocycles. The zero-order valence-corrected chi connectivity index (χ0v) is 19.2. The van der Waals surface area contributed by atoms with Gasteiger partial charge in [0.05, 0.1) is 16.4 Å². The molecule has 9 heteroatoms. The number of benzene rings is 2. The van der Waals surface area contributed by atoms with Crippen molar-refractivity contribution < 1.29 is 19.0 Å². The zero-order valence-electron chi connectivity index (χ0n) is 17.6. The van der Waals surface area contributed by atoms with Gasteiger partial charge in [-0.05, 0) is 48.9 Å². The third kappa shape index (κ3) is 5.21. The van der Waals surface area contributed by atoms with E-state index in [1.54, 1.807) is 17.4 Å². The topological polar surface area (TPSA) is 82.6 Å². The highest BCUT2D eigenvalue weighted by molar-refractivity contribution is 7.14. The summed E-state index contributed by atoms with van der Waals surface area (Å²) in [5.41, 5.74) is 3.42. The number of thiazole rings is 2. The number of hydrogen-bond acceptors (Lipinski definition) is 8. The SMILES string of the molecule is Cc1nc(COc2cccc(/C=C/C(=O)Nc3nc(-c4ccc5c(c4)OCO5)cs3)c2)cs1. The maximum atomic E-state index is 12.4. The van der Waals surface area contributed by atoms with Crippen molar-refractivity contribution in [2.75, 3.05) is 12.1 Å². The van der Waals surface area contributed by atoms with Crippen LogP contribution in [0, 0.1) is 6.92 Å². The van der Waals surface area contributed by atoms with Crippen molar-refractivity contribution in [3.8, 4) is 28.5 Å². The lowest BCUT2D eigenvalue weighted by Gasteiger charge is -2.05. The molecule has 1 N–H and O–H groups in total. The van der Waals surface area contributed by atoms with Crippen LogP contribution in [0.25, 0.3) is 17.3 Å². The molecule has 166 valence electrons. The molecule has 0 fully saturated rings. The van der Waals surface area contributed by atoms with E-state index in [0.29, 0.717) is 17.5 Å². The number of nitrogens with zero attached hydrogens (tertiary/aromatic N) is 2. The molecule has 4 aromatic rings. The Morgan fingerprint density at radius 1 is 1.12 bits per heavy atom. The number of amides is 1. The molecule has 1 aliphatic rings. The number of carbonyl (C=O) groups excluding carboxylic acids is 1. The van der Waals surface area contributed by atoms with Crippen LogP contribution < -0.4 is 19.5 Å². The highest BCUT2D eigenvalue weighted by Crippen LogP contribution is 2.36. The number of anilines is 1. The largest absolute Gasteiger partial charge is 0.487 e. The van der Waals surface area contributed by atoms with Crippen molar-refractivity contribution in [2.45, 2.75) is 13.5 Å². The highest BCUT2D eigenvalue weighted by Gasteiger charge is 2.15. The van der Waals surface area contributed by atoms with E-state index in [1.165, 1.54) is 17.4 Å². The first-order chi connectivity index (χ1) is 16.1. The van der Waals surface area contributed by atoms with Gasteiger partial charge in [0.1, 0.15) is 12.4 Å². The molecule has 0 aliphatic carbocycles. The van der Waals surface area contributed by atoms with E-state index in [-0.39, 0.29) is 12.7 Å². The maximum Gasteiger partial charge on any atom is 0.250 e. The molecule has 5 rings (SSSR count). The van der Waals surface area contributed by atoms with Crippen LogP contribution in [0.4, 0.5) is 5.13 Å². The summed E-state index contributed by atoms with van der Waals surface area (Å²) >= 11 is 2.96. The molecule has 33 heavy (non-hydrogen) atoms. The van der Waals surface area contributed by atoms with E-state index in [9.17, 15) is 4.79 Å². The molecule has 0 atom stereocenters. The van der Waals surface area contributed by atoms with Gasteiger partial charge in [0.15, 0.2) is 16.6 Å². The van der Waals surface area contributed by atoms with Gasteiger partial charge in [-0.25, -0.2) is 9.97 Å². The summed E-state index contributed by atoms with van der Waals surface area (Å²) in [6.45, 7) is 2.60. The number of aryl methyl sites for hydroxylation is 1. The smallest absolute Gasteiger partial charge is 0.250 e. The van der Waals surface area contributed by atoms with Crippen LogP contribution in [0.15, 0.2) is 59.3 Å². The maximum absolute atomic E-state index is 12.4. The Hall–Kier alpha value is -3.69. The van der Waals surface area contributed by atoms with Gasteiger partial charge in [-0.1, -0.05) is 12.1 Å². The average Bonchev–Trinajstić information content (AvgIpc) is 3.57. The van der Waals surface area contributed by atoms with Crippen LogP contribution in [0.3, 0.4) is 0 Å². The van der Waals surface area contributed by atoms with E-state index in [1.807, 2.05) is 60.1 Å². The lowest BCUT2D eigenvalue weighted by Crippen LogP contribution is -2.07. The minimum atomic E-state index is -0.258. The van der Waals surface area contributed by atoms with Gasteiger partial charge < -0.3 is 14.2 Å². The Morgan fingerprint density at radius 3 is 2.91 bits per heavy atom. The average molecular weight is 478 g/mol. The quantitative estimate of drug-likeness (QED) is 0.352. The molecule has 0 spiro atoms. The molecular formula is C24H19N3O4S2. The summed E-state index contributed by atoms with van der Waals surface area (Å²) in [6.07, 6.45) is 3.21. The van der Waals surface area contributed by atoms with Gasteiger partial charge in [0, 0.05) is 22.4 Å². The van der Waals surface area contributed by atoms with Crippen LogP contribution in [0.5, 0.6) is 17.2 Å². The first-order valence-corrected chi connectivity index (χ1v) is 11.9. The number of carbonyl (C=O) groups is 1. The number of nitrogens with one attached hydrogen (secondary N) is 1. The summed E-state index contributed by atoms with van der Waals surface area (Å²) in [6, 6.07) is 13.2. The third-order valence-electron chi connectivity index (χ3n) is 4.74. The normalized spacial score (nSPS) is 12.3. The van der Waals surface area contributed by atoms with Crippen LogP contribution in [-0.2, 0) is 11.4 Å². The van der Waals surface area contributed by atoms with E-state index in [4.69, 9.17) is 14.2 Å². The number of ether oxygens (including phenoxy) is 3. The fraction of sp³-hybridized carbons (Fsp3) is 0.125. The minimum absolute atomic E-state index is 0.226. The summed E-state index contributed by atoms with van der Waals surface area (Å²) < 4.78 is 16.6. The van der Waals surface area contributed by atoms with Crippen molar-refractivity contribution >= 4 is 39.8 Å². The number of hydrogen-bond donors (Lipinski definition) is 1. The Kier molecular flexibility index (Phi) is 6.05. The van der Waals surface area contributed by atoms with E-state index in [2.05, 4.69) is 15.3 Å². The van der Waals surface area contributed by atoms with E-state index < -0.39 is 0 Å². The van der Waals surface area contributed by atoms with Crippen LogP contribution in [0.1, 0.15) is 16.3 Å². The number of aromatic nitrogens is 2. The first-order valence-electron chi connectivity index (χ1n) is 10.1. The molecule has 1 amide bonds.